The van der Waals surface area contributed by atoms with Crippen molar-refractivity contribution in [2.24, 2.45) is 5.92 Å². The fourth-order valence-corrected chi connectivity index (χ4v) is 1.81. The summed E-state index contributed by atoms with van der Waals surface area (Å²) in [4.78, 5) is 18.2. The van der Waals surface area contributed by atoms with Crippen molar-refractivity contribution in [3.63, 3.8) is 0 Å². The van der Waals surface area contributed by atoms with Gasteiger partial charge in [0.2, 0.25) is 0 Å². The maximum absolute atomic E-state index is 12.2. The Bertz CT molecular complexity index is 473. The molecule has 0 aliphatic heterocycles. The highest BCUT2D eigenvalue weighted by Gasteiger charge is 2.14. The van der Waals surface area contributed by atoms with Crippen LogP contribution in [0.15, 0.2) is 17.2 Å². The first-order chi connectivity index (χ1) is 8.60. The van der Waals surface area contributed by atoms with Crippen molar-refractivity contribution in [1.82, 2.24) is 9.55 Å². The van der Waals surface area contributed by atoms with Crippen LogP contribution in [0.4, 0.5) is 5.82 Å². The number of nitriles is 1. The summed E-state index contributed by atoms with van der Waals surface area (Å²) < 4.78 is 1.63. The van der Waals surface area contributed by atoms with Crippen LogP contribution in [-0.2, 0) is 6.54 Å². The van der Waals surface area contributed by atoms with E-state index in [1.54, 1.807) is 17.0 Å². The topological polar surface area (TPSA) is 61.9 Å². The first-order valence-corrected chi connectivity index (χ1v) is 6.27. The number of hydrogen-bond donors (Lipinski definition) is 0. The number of aromatic nitrogens is 2. The van der Waals surface area contributed by atoms with Crippen LogP contribution in [0.2, 0.25) is 0 Å². The highest BCUT2D eigenvalue weighted by atomic mass is 16.1. The van der Waals surface area contributed by atoms with E-state index in [1.165, 1.54) is 0 Å². The lowest BCUT2D eigenvalue weighted by atomic mass is 10.2. The molecule has 5 nitrogen and oxygen atoms in total. The number of aryl methyl sites for hydroxylation is 1. The molecule has 0 bridgehead atoms. The van der Waals surface area contributed by atoms with Gasteiger partial charge in [-0.1, -0.05) is 13.8 Å². The van der Waals surface area contributed by atoms with E-state index in [0.29, 0.717) is 31.2 Å². The molecular weight excluding hydrogens is 228 g/mol. The third kappa shape index (κ3) is 3.59. The minimum absolute atomic E-state index is 0.0846. The first-order valence-electron chi connectivity index (χ1n) is 6.27. The fourth-order valence-electron chi connectivity index (χ4n) is 1.81. The summed E-state index contributed by atoms with van der Waals surface area (Å²) in [5, 5.41) is 8.69. The monoisotopic (exact) mass is 248 g/mol. The summed E-state index contributed by atoms with van der Waals surface area (Å²) in [6.45, 7) is 8.00. The second kappa shape index (κ2) is 6.80. The third-order valence-corrected chi connectivity index (χ3v) is 2.61. The largest absolute Gasteiger partial charge is 0.351 e. The summed E-state index contributed by atoms with van der Waals surface area (Å²) in [5.41, 5.74) is -0.0846. The van der Waals surface area contributed by atoms with Crippen molar-refractivity contribution >= 4 is 5.82 Å². The summed E-state index contributed by atoms with van der Waals surface area (Å²) in [7, 11) is 0. The molecule has 1 aromatic heterocycles. The van der Waals surface area contributed by atoms with Gasteiger partial charge in [-0.05, 0) is 12.8 Å². The minimum Gasteiger partial charge on any atom is -0.351 e. The highest BCUT2D eigenvalue weighted by molar-refractivity contribution is 5.35. The van der Waals surface area contributed by atoms with Crippen LogP contribution in [0.3, 0.4) is 0 Å². The summed E-state index contributed by atoms with van der Waals surface area (Å²) in [6, 6.07) is 2.11. The molecule has 0 aliphatic carbocycles. The van der Waals surface area contributed by atoms with Gasteiger partial charge in [-0.3, -0.25) is 4.79 Å². The Hall–Kier alpha value is -1.83. The number of anilines is 1. The van der Waals surface area contributed by atoms with Gasteiger partial charge in [0.1, 0.15) is 0 Å². The van der Waals surface area contributed by atoms with Crippen LogP contribution in [0.1, 0.15) is 27.2 Å². The normalized spacial score (nSPS) is 10.4. The van der Waals surface area contributed by atoms with Crippen molar-refractivity contribution in [2.75, 3.05) is 18.0 Å². The van der Waals surface area contributed by atoms with Crippen molar-refractivity contribution in [3.05, 3.63) is 22.7 Å². The summed E-state index contributed by atoms with van der Waals surface area (Å²) in [5.74, 6) is 0.864. The summed E-state index contributed by atoms with van der Waals surface area (Å²) in [6.07, 6.45) is 3.72. The second-order valence-corrected chi connectivity index (χ2v) is 4.59. The van der Waals surface area contributed by atoms with Gasteiger partial charge in [0.25, 0.3) is 5.56 Å². The molecule has 0 radical (unpaired) electrons. The average Bonchev–Trinajstić information content (AvgIpc) is 2.34. The molecule has 98 valence electrons. The van der Waals surface area contributed by atoms with Gasteiger partial charge in [-0.25, -0.2) is 4.98 Å². The molecule has 0 aliphatic rings. The van der Waals surface area contributed by atoms with Crippen molar-refractivity contribution in [3.8, 4) is 6.07 Å². The highest BCUT2D eigenvalue weighted by Crippen LogP contribution is 2.08. The molecule has 18 heavy (non-hydrogen) atoms. The molecule has 1 heterocycles. The zero-order chi connectivity index (χ0) is 13.5. The van der Waals surface area contributed by atoms with Gasteiger partial charge in [-0.15, -0.1) is 0 Å². The molecule has 0 amide bonds. The van der Waals surface area contributed by atoms with E-state index in [4.69, 9.17) is 5.26 Å². The predicted molar refractivity (Wildman–Crippen MR) is 71.5 cm³/mol. The zero-order valence-electron chi connectivity index (χ0n) is 11.3. The van der Waals surface area contributed by atoms with Crippen LogP contribution in [0.25, 0.3) is 0 Å². The smallest absolute Gasteiger partial charge is 0.293 e. The molecule has 0 unspecified atom stereocenters. The van der Waals surface area contributed by atoms with E-state index in [2.05, 4.69) is 24.9 Å². The van der Waals surface area contributed by atoms with E-state index in [0.717, 1.165) is 6.54 Å². The number of hydrogen-bond acceptors (Lipinski definition) is 4. The van der Waals surface area contributed by atoms with E-state index in [-0.39, 0.29) is 5.56 Å². The standard InChI is InChI=1S/C13H20N4O/c1-4-16-9-7-15-12(13(16)18)17(8-5-6-14)10-11(2)3/h7,9,11H,4-5,8,10H2,1-3H3. The van der Waals surface area contributed by atoms with Crippen molar-refractivity contribution in [2.45, 2.75) is 33.7 Å². The average molecular weight is 248 g/mol. The molecular formula is C13H20N4O. The molecule has 0 spiro atoms. The number of nitrogens with zero attached hydrogens (tertiary/aromatic N) is 4. The van der Waals surface area contributed by atoms with Gasteiger partial charge < -0.3 is 9.47 Å². The molecule has 0 atom stereocenters. The predicted octanol–water partition coefficient (Wildman–Crippen LogP) is 1.64. The number of rotatable bonds is 6. The van der Waals surface area contributed by atoms with Crippen LogP contribution in [0.5, 0.6) is 0 Å². The lowest BCUT2D eigenvalue weighted by Gasteiger charge is -2.24. The first kappa shape index (κ1) is 14.2. The van der Waals surface area contributed by atoms with E-state index >= 15 is 0 Å². The Morgan fingerprint density at radius 2 is 2.28 bits per heavy atom. The molecule has 1 rings (SSSR count). The maximum Gasteiger partial charge on any atom is 0.293 e. The minimum atomic E-state index is -0.0846. The van der Waals surface area contributed by atoms with E-state index in [9.17, 15) is 4.79 Å². The Morgan fingerprint density at radius 3 is 2.83 bits per heavy atom. The SMILES string of the molecule is CCn1ccnc(N(CCC#N)CC(C)C)c1=O. The van der Waals surface area contributed by atoms with Gasteiger partial charge >= 0.3 is 0 Å². The van der Waals surface area contributed by atoms with Crippen LogP contribution in [0, 0.1) is 17.2 Å². The maximum atomic E-state index is 12.2. The molecule has 0 saturated carbocycles. The Kier molecular flexibility index (Phi) is 5.37. The Balaban J connectivity index is 3.04. The third-order valence-electron chi connectivity index (χ3n) is 2.61. The molecule has 0 N–H and O–H groups in total. The Morgan fingerprint density at radius 1 is 1.56 bits per heavy atom. The molecule has 5 heteroatoms. The molecule has 0 saturated heterocycles. The zero-order valence-corrected chi connectivity index (χ0v) is 11.3. The van der Waals surface area contributed by atoms with Crippen LogP contribution < -0.4 is 10.5 Å². The summed E-state index contributed by atoms with van der Waals surface area (Å²) >= 11 is 0. The van der Waals surface area contributed by atoms with E-state index in [1.807, 2.05) is 11.8 Å². The van der Waals surface area contributed by atoms with Gasteiger partial charge in [0.05, 0.1) is 12.5 Å². The van der Waals surface area contributed by atoms with Gasteiger partial charge in [0, 0.05) is 32.0 Å². The molecule has 1 aromatic rings. The lowest BCUT2D eigenvalue weighted by molar-refractivity contribution is 0.599. The molecule has 0 aromatic carbocycles. The molecule has 0 fully saturated rings. The van der Waals surface area contributed by atoms with Crippen LogP contribution in [-0.4, -0.2) is 22.6 Å². The van der Waals surface area contributed by atoms with Gasteiger partial charge in [0.15, 0.2) is 5.82 Å². The van der Waals surface area contributed by atoms with E-state index < -0.39 is 0 Å². The van der Waals surface area contributed by atoms with Gasteiger partial charge in [-0.2, -0.15) is 5.26 Å². The van der Waals surface area contributed by atoms with Crippen molar-refractivity contribution < 1.29 is 0 Å². The van der Waals surface area contributed by atoms with Crippen molar-refractivity contribution in [1.29, 1.82) is 5.26 Å². The Labute approximate surface area is 108 Å². The second-order valence-electron chi connectivity index (χ2n) is 4.59. The van der Waals surface area contributed by atoms with Crippen LogP contribution >= 0.6 is 0 Å². The lowest BCUT2D eigenvalue weighted by Crippen LogP contribution is -2.36. The quantitative estimate of drug-likeness (QED) is 0.767. The fraction of sp³-hybridized carbons (Fsp3) is 0.615.